The maximum absolute atomic E-state index is 13.5. The molecular formula is C25H35NO. The van der Waals surface area contributed by atoms with Gasteiger partial charge in [0.15, 0.2) is 0 Å². The molecule has 0 aromatic heterocycles. The zero-order chi connectivity index (χ0) is 19.3. The Hall–Kier alpha value is -2.09. The molecule has 0 saturated heterocycles. The number of anilines is 1. The number of hydrogen-bond donors (Lipinski definition) is 0. The third-order valence-electron chi connectivity index (χ3n) is 5.18. The Morgan fingerprint density at radius 2 is 1.37 bits per heavy atom. The van der Waals surface area contributed by atoms with E-state index >= 15 is 0 Å². The highest BCUT2D eigenvalue weighted by Gasteiger charge is 2.25. The number of benzene rings is 2. The monoisotopic (exact) mass is 365 g/mol. The summed E-state index contributed by atoms with van der Waals surface area (Å²) in [6.45, 7) is 5.08. The van der Waals surface area contributed by atoms with Gasteiger partial charge in [0.05, 0.1) is 6.54 Å². The van der Waals surface area contributed by atoms with Crippen molar-refractivity contribution in [2.75, 3.05) is 4.90 Å². The van der Waals surface area contributed by atoms with E-state index in [1.54, 1.807) is 0 Å². The highest BCUT2D eigenvalue weighted by Crippen LogP contribution is 2.25. The highest BCUT2D eigenvalue weighted by atomic mass is 16.2. The Morgan fingerprint density at radius 1 is 0.778 bits per heavy atom. The molecule has 0 aliphatic heterocycles. The van der Waals surface area contributed by atoms with Gasteiger partial charge < -0.3 is 4.90 Å². The SMILES string of the molecule is CCCCCC[C@H](CCCC)C(=O)N(Cc1ccccc1)c1ccccc1. The summed E-state index contributed by atoms with van der Waals surface area (Å²) in [5, 5.41) is 0. The van der Waals surface area contributed by atoms with Crippen LogP contribution in [-0.4, -0.2) is 5.91 Å². The fourth-order valence-corrected chi connectivity index (χ4v) is 3.55. The molecule has 0 radical (unpaired) electrons. The van der Waals surface area contributed by atoms with Gasteiger partial charge in [0, 0.05) is 11.6 Å². The van der Waals surface area contributed by atoms with Crippen LogP contribution in [0.3, 0.4) is 0 Å². The summed E-state index contributed by atoms with van der Waals surface area (Å²) in [7, 11) is 0. The van der Waals surface area contributed by atoms with Crippen molar-refractivity contribution in [3.63, 3.8) is 0 Å². The van der Waals surface area contributed by atoms with Crippen LogP contribution >= 0.6 is 0 Å². The zero-order valence-corrected chi connectivity index (χ0v) is 17.1. The molecule has 146 valence electrons. The third kappa shape index (κ3) is 7.21. The number of rotatable bonds is 12. The number of para-hydroxylation sites is 1. The first kappa shape index (κ1) is 21.2. The topological polar surface area (TPSA) is 20.3 Å². The van der Waals surface area contributed by atoms with Crippen molar-refractivity contribution in [3.05, 3.63) is 66.2 Å². The lowest BCUT2D eigenvalue weighted by Gasteiger charge is -2.28. The number of nitrogens with zero attached hydrogens (tertiary/aromatic N) is 1. The van der Waals surface area contributed by atoms with Gasteiger partial charge in [0.2, 0.25) is 5.91 Å². The molecule has 2 aromatic rings. The van der Waals surface area contributed by atoms with Crippen LogP contribution in [-0.2, 0) is 11.3 Å². The van der Waals surface area contributed by atoms with Gasteiger partial charge in [0.1, 0.15) is 0 Å². The lowest BCUT2D eigenvalue weighted by molar-refractivity contribution is -0.123. The molecule has 0 fully saturated rings. The molecule has 2 aromatic carbocycles. The van der Waals surface area contributed by atoms with Crippen LogP contribution in [0.25, 0.3) is 0 Å². The lowest BCUT2D eigenvalue weighted by Crippen LogP contribution is -2.36. The highest BCUT2D eigenvalue weighted by molar-refractivity contribution is 5.94. The second kappa shape index (κ2) is 12.3. The van der Waals surface area contributed by atoms with Crippen molar-refractivity contribution >= 4 is 11.6 Å². The number of carbonyl (C=O) groups is 1. The molecule has 2 rings (SSSR count). The Morgan fingerprint density at radius 3 is 2.00 bits per heavy atom. The minimum atomic E-state index is 0.130. The van der Waals surface area contributed by atoms with E-state index in [2.05, 4.69) is 38.1 Å². The Bertz CT molecular complexity index is 638. The summed E-state index contributed by atoms with van der Waals surface area (Å²) in [4.78, 5) is 15.5. The Labute approximate surface area is 165 Å². The van der Waals surface area contributed by atoms with E-state index < -0.39 is 0 Å². The molecule has 0 spiro atoms. The van der Waals surface area contributed by atoms with E-state index in [1.807, 2.05) is 41.3 Å². The fraction of sp³-hybridized carbons (Fsp3) is 0.480. The molecule has 0 saturated carbocycles. The van der Waals surface area contributed by atoms with Gasteiger partial charge in [0.25, 0.3) is 0 Å². The third-order valence-corrected chi connectivity index (χ3v) is 5.18. The molecule has 0 bridgehead atoms. The number of unbranched alkanes of at least 4 members (excludes halogenated alkanes) is 4. The second-order valence-electron chi connectivity index (χ2n) is 7.43. The van der Waals surface area contributed by atoms with E-state index in [4.69, 9.17) is 0 Å². The van der Waals surface area contributed by atoms with E-state index in [1.165, 1.54) is 24.8 Å². The molecule has 0 unspecified atom stereocenters. The molecule has 0 N–H and O–H groups in total. The predicted octanol–water partition coefficient (Wildman–Crippen LogP) is 7.00. The van der Waals surface area contributed by atoms with Gasteiger partial charge in [-0.05, 0) is 30.5 Å². The summed E-state index contributed by atoms with van der Waals surface area (Å²) in [6, 6.07) is 20.5. The van der Waals surface area contributed by atoms with Crippen LogP contribution in [0.2, 0.25) is 0 Å². The van der Waals surface area contributed by atoms with Crippen LogP contribution < -0.4 is 4.90 Å². The lowest BCUT2D eigenvalue weighted by atomic mass is 9.93. The van der Waals surface area contributed by atoms with E-state index in [0.717, 1.165) is 37.8 Å². The number of amides is 1. The fourth-order valence-electron chi connectivity index (χ4n) is 3.55. The van der Waals surface area contributed by atoms with Crippen LogP contribution in [0.1, 0.15) is 70.8 Å². The van der Waals surface area contributed by atoms with Gasteiger partial charge >= 0.3 is 0 Å². The van der Waals surface area contributed by atoms with E-state index in [-0.39, 0.29) is 11.8 Å². The Balaban J connectivity index is 2.17. The summed E-state index contributed by atoms with van der Waals surface area (Å²) in [5.41, 5.74) is 2.18. The quantitative estimate of drug-likeness (QED) is 0.371. The normalized spacial score (nSPS) is 11.9. The smallest absolute Gasteiger partial charge is 0.230 e. The first-order valence-electron chi connectivity index (χ1n) is 10.7. The first-order chi connectivity index (χ1) is 13.3. The first-order valence-corrected chi connectivity index (χ1v) is 10.7. The van der Waals surface area contributed by atoms with Gasteiger partial charge in [-0.1, -0.05) is 101 Å². The summed E-state index contributed by atoms with van der Waals surface area (Å²) >= 11 is 0. The zero-order valence-electron chi connectivity index (χ0n) is 17.1. The molecule has 0 aliphatic rings. The van der Waals surface area contributed by atoms with Gasteiger partial charge in [-0.2, -0.15) is 0 Å². The van der Waals surface area contributed by atoms with Gasteiger partial charge in [-0.15, -0.1) is 0 Å². The number of hydrogen-bond acceptors (Lipinski definition) is 1. The molecular weight excluding hydrogens is 330 g/mol. The standard InChI is InChI=1S/C25H35NO/c1-3-5-7-12-18-23(17-6-4-2)25(27)26(24-19-13-9-14-20-24)21-22-15-10-8-11-16-22/h8-11,13-16,19-20,23H,3-7,12,17-18,21H2,1-2H3/t23-/m0/s1. The van der Waals surface area contributed by atoms with Crippen LogP contribution in [0.5, 0.6) is 0 Å². The van der Waals surface area contributed by atoms with Crippen LogP contribution in [0, 0.1) is 5.92 Å². The molecule has 2 heteroatoms. The van der Waals surface area contributed by atoms with Crippen molar-refractivity contribution in [2.24, 2.45) is 5.92 Å². The summed E-state index contributed by atoms with van der Waals surface area (Å²) in [6.07, 6.45) is 9.16. The van der Waals surface area contributed by atoms with Crippen molar-refractivity contribution < 1.29 is 4.79 Å². The maximum atomic E-state index is 13.5. The van der Waals surface area contributed by atoms with Crippen LogP contribution in [0.15, 0.2) is 60.7 Å². The van der Waals surface area contributed by atoms with E-state index in [0.29, 0.717) is 6.54 Å². The maximum Gasteiger partial charge on any atom is 0.230 e. The van der Waals surface area contributed by atoms with Crippen molar-refractivity contribution in [1.29, 1.82) is 0 Å². The van der Waals surface area contributed by atoms with Crippen LogP contribution in [0.4, 0.5) is 5.69 Å². The average Bonchev–Trinajstić information content (AvgIpc) is 2.72. The summed E-state index contributed by atoms with van der Waals surface area (Å²) < 4.78 is 0. The minimum Gasteiger partial charge on any atom is -0.308 e. The molecule has 0 aliphatic carbocycles. The molecule has 2 nitrogen and oxygen atoms in total. The Kier molecular flexibility index (Phi) is 9.68. The average molecular weight is 366 g/mol. The van der Waals surface area contributed by atoms with Gasteiger partial charge in [-0.25, -0.2) is 0 Å². The second-order valence-corrected chi connectivity index (χ2v) is 7.43. The van der Waals surface area contributed by atoms with Crippen molar-refractivity contribution in [1.82, 2.24) is 0 Å². The van der Waals surface area contributed by atoms with E-state index in [9.17, 15) is 4.79 Å². The van der Waals surface area contributed by atoms with Crippen molar-refractivity contribution in [2.45, 2.75) is 71.8 Å². The molecule has 27 heavy (non-hydrogen) atoms. The largest absolute Gasteiger partial charge is 0.308 e. The predicted molar refractivity (Wildman–Crippen MR) is 116 cm³/mol. The molecule has 1 amide bonds. The summed E-state index contributed by atoms with van der Waals surface area (Å²) in [5.74, 6) is 0.417. The van der Waals surface area contributed by atoms with Gasteiger partial charge in [-0.3, -0.25) is 4.79 Å². The molecule has 0 heterocycles. The molecule has 1 atom stereocenters. The van der Waals surface area contributed by atoms with Crippen molar-refractivity contribution in [3.8, 4) is 0 Å². The number of carbonyl (C=O) groups excluding carboxylic acids is 1. The minimum absolute atomic E-state index is 0.130.